The fraction of sp³-hybridized carbons (Fsp3) is 0.250. The molecular weight excluding hydrogens is 436 g/mol. The summed E-state index contributed by atoms with van der Waals surface area (Å²) in [5.74, 6) is 1.51. The van der Waals surface area contributed by atoms with Crippen molar-refractivity contribution in [2.75, 3.05) is 11.1 Å². The lowest BCUT2D eigenvalue weighted by Crippen LogP contribution is -2.16. The van der Waals surface area contributed by atoms with Crippen molar-refractivity contribution < 1.29 is 9.21 Å². The minimum absolute atomic E-state index is 0.135. The molecule has 1 N–H and O–H groups in total. The van der Waals surface area contributed by atoms with Gasteiger partial charge in [-0.05, 0) is 45.9 Å². The number of rotatable bonds is 8. The van der Waals surface area contributed by atoms with Crippen molar-refractivity contribution in [1.29, 1.82) is 0 Å². The molecule has 0 aliphatic rings. The molecule has 0 atom stereocenters. The molecule has 0 unspecified atom stereocenters. The Morgan fingerprint density at radius 1 is 1.15 bits per heavy atom. The monoisotopic (exact) mass is 462 g/mol. The van der Waals surface area contributed by atoms with Gasteiger partial charge in [0, 0.05) is 6.54 Å². The van der Waals surface area contributed by atoms with Gasteiger partial charge >= 0.3 is 0 Å². The standard InChI is InChI=1S/C24H26N6O2S/c1-6-12-29-23(20-11-13-32-18(20)5)26-27-24(29)33-14-21(31)25-22-16(3)28-30(17(22)4)19-9-7-15(2)8-10-19/h6-11,13H,1,12,14H2,2-5H3,(H,25,31). The van der Waals surface area contributed by atoms with E-state index in [4.69, 9.17) is 4.42 Å². The molecule has 0 fully saturated rings. The molecular formula is C24H26N6O2S. The number of benzene rings is 1. The largest absolute Gasteiger partial charge is 0.469 e. The third kappa shape index (κ3) is 4.63. The minimum Gasteiger partial charge on any atom is -0.469 e. The molecule has 1 amide bonds. The highest BCUT2D eigenvalue weighted by Crippen LogP contribution is 2.28. The van der Waals surface area contributed by atoms with Gasteiger partial charge in [0.15, 0.2) is 11.0 Å². The van der Waals surface area contributed by atoms with Crippen LogP contribution in [-0.2, 0) is 11.3 Å². The predicted molar refractivity (Wildman–Crippen MR) is 130 cm³/mol. The third-order valence-corrected chi connectivity index (χ3v) is 6.26. The van der Waals surface area contributed by atoms with Gasteiger partial charge in [0.05, 0.1) is 40.3 Å². The number of aromatic nitrogens is 5. The van der Waals surface area contributed by atoms with Gasteiger partial charge in [0.1, 0.15) is 5.76 Å². The molecule has 0 bridgehead atoms. The molecule has 9 heteroatoms. The summed E-state index contributed by atoms with van der Waals surface area (Å²) in [6.45, 7) is 12.1. The van der Waals surface area contributed by atoms with Crippen LogP contribution in [0.2, 0.25) is 0 Å². The fourth-order valence-corrected chi connectivity index (χ4v) is 4.32. The Hall–Kier alpha value is -3.59. The number of carbonyl (C=O) groups is 1. The van der Waals surface area contributed by atoms with Crippen molar-refractivity contribution in [3.8, 4) is 17.1 Å². The highest BCUT2D eigenvalue weighted by molar-refractivity contribution is 7.99. The molecule has 8 nitrogen and oxygen atoms in total. The molecule has 0 aliphatic heterocycles. The van der Waals surface area contributed by atoms with Gasteiger partial charge in [-0.1, -0.05) is 35.5 Å². The van der Waals surface area contributed by atoms with Gasteiger partial charge in [0.25, 0.3) is 0 Å². The van der Waals surface area contributed by atoms with Crippen molar-refractivity contribution in [2.24, 2.45) is 0 Å². The first-order chi connectivity index (χ1) is 15.9. The minimum atomic E-state index is -0.135. The molecule has 170 valence electrons. The van der Waals surface area contributed by atoms with Gasteiger partial charge in [0.2, 0.25) is 5.91 Å². The van der Waals surface area contributed by atoms with E-state index in [1.165, 1.54) is 17.3 Å². The molecule has 0 saturated heterocycles. The highest BCUT2D eigenvalue weighted by Gasteiger charge is 2.19. The van der Waals surface area contributed by atoms with Gasteiger partial charge in [-0.15, -0.1) is 16.8 Å². The Kier molecular flexibility index (Phi) is 6.50. The zero-order valence-corrected chi connectivity index (χ0v) is 19.9. The van der Waals surface area contributed by atoms with E-state index in [-0.39, 0.29) is 11.7 Å². The quantitative estimate of drug-likeness (QED) is 0.297. The average molecular weight is 463 g/mol. The Labute approximate surface area is 196 Å². The van der Waals surface area contributed by atoms with Crippen molar-refractivity contribution in [1.82, 2.24) is 24.5 Å². The van der Waals surface area contributed by atoms with Crippen LogP contribution >= 0.6 is 11.8 Å². The van der Waals surface area contributed by atoms with Gasteiger partial charge in [-0.25, -0.2) is 4.68 Å². The third-order valence-electron chi connectivity index (χ3n) is 5.29. The summed E-state index contributed by atoms with van der Waals surface area (Å²) >= 11 is 1.33. The number of furan rings is 1. The van der Waals surface area contributed by atoms with Crippen molar-refractivity contribution in [3.05, 3.63) is 72.0 Å². The summed E-state index contributed by atoms with van der Waals surface area (Å²) in [5, 5.41) is 16.9. The number of aryl methyl sites for hydroxylation is 3. The van der Waals surface area contributed by atoms with Gasteiger partial charge in [-0.2, -0.15) is 5.10 Å². The van der Waals surface area contributed by atoms with Crippen molar-refractivity contribution in [2.45, 2.75) is 39.4 Å². The molecule has 33 heavy (non-hydrogen) atoms. The van der Waals surface area contributed by atoms with Crippen LogP contribution in [0.15, 0.2) is 58.8 Å². The second-order valence-electron chi connectivity index (χ2n) is 7.73. The van der Waals surface area contributed by atoms with E-state index in [2.05, 4.69) is 27.2 Å². The number of hydrogen-bond acceptors (Lipinski definition) is 6. The Balaban J connectivity index is 1.48. The van der Waals surface area contributed by atoms with Crippen LogP contribution < -0.4 is 5.32 Å². The average Bonchev–Trinajstić information content (AvgIpc) is 3.47. The summed E-state index contributed by atoms with van der Waals surface area (Å²) in [7, 11) is 0. The number of nitrogens with one attached hydrogen (secondary N) is 1. The first kappa shape index (κ1) is 22.6. The zero-order chi connectivity index (χ0) is 23.5. The second-order valence-corrected chi connectivity index (χ2v) is 8.67. The van der Waals surface area contributed by atoms with E-state index >= 15 is 0 Å². The maximum absolute atomic E-state index is 12.8. The number of carbonyl (C=O) groups excluding carboxylic acids is 1. The summed E-state index contributed by atoms with van der Waals surface area (Å²) in [5.41, 5.74) is 5.37. The van der Waals surface area contributed by atoms with Crippen molar-refractivity contribution in [3.63, 3.8) is 0 Å². The van der Waals surface area contributed by atoms with Crippen LogP contribution in [0.25, 0.3) is 17.1 Å². The second kappa shape index (κ2) is 9.50. The Bertz CT molecular complexity index is 1300. The van der Waals surface area contributed by atoms with E-state index in [1.807, 2.05) is 67.3 Å². The Morgan fingerprint density at radius 3 is 2.58 bits per heavy atom. The van der Waals surface area contributed by atoms with Gasteiger partial charge < -0.3 is 9.73 Å². The number of amides is 1. The van der Waals surface area contributed by atoms with E-state index in [0.29, 0.717) is 17.5 Å². The first-order valence-electron chi connectivity index (χ1n) is 10.5. The molecule has 0 aliphatic carbocycles. The van der Waals surface area contributed by atoms with E-state index < -0.39 is 0 Å². The summed E-state index contributed by atoms with van der Waals surface area (Å²) in [4.78, 5) is 12.8. The molecule has 3 heterocycles. The molecule has 4 aromatic rings. The molecule has 1 aromatic carbocycles. The van der Waals surface area contributed by atoms with E-state index in [0.717, 1.165) is 34.1 Å². The maximum Gasteiger partial charge on any atom is 0.234 e. The normalized spacial score (nSPS) is 11.0. The summed E-state index contributed by atoms with van der Waals surface area (Å²) in [6, 6.07) is 9.97. The zero-order valence-electron chi connectivity index (χ0n) is 19.1. The first-order valence-corrected chi connectivity index (χ1v) is 11.5. The van der Waals surface area contributed by atoms with Crippen LogP contribution in [0.3, 0.4) is 0 Å². The van der Waals surface area contributed by atoms with E-state index in [9.17, 15) is 4.79 Å². The smallest absolute Gasteiger partial charge is 0.234 e. The molecule has 0 saturated carbocycles. The lowest BCUT2D eigenvalue weighted by Gasteiger charge is -2.09. The number of allylic oxidation sites excluding steroid dienone is 1. The topological polar surface area (TPSA) is 90.8 Å². The fourth-order valence-electron chi connectivity index (χ4n) is 3.57. The highest BCUT2D eigenvalue weighted by atomic mass is 32.2. The SMILES string of the molecule is C=CCn1c(SCC(=O)Nc2c(C)nn(-c3ccc(C)cc3)c2C)nnc1-c1ccoc1C. The molecule has 3 aromatic heterocycles. The Morgan fingerprint density at radius 2 is 1.91 bits per heavy atom. The van der Waals surface area contributed by atoms with Crippen LogP contribution in [0.1, 0.15) is 22.7 Å². The maximum atomic E-state index is 12.8. The van der Waals surface area contributed by atoms with Crippen LogP contribution in [0.4, 0.5) is 5.69 Å². The van der Waals surface area contributed by atoms with Crippen LogP contribution in [-0.4, -0.2) is 36.2 Å². The molecule has 0 radical (unpaired) electrons. The van der Waals surface area contributed by atoms with Crippen LogP contribution in [0, 0.1) is 27.7 Å². The summed E-state index contributed by atoms with van der Waals surface area (Å²) < 4.78 is 9.17. The van der Waals surface area contributed by atoms with Gasteiger partial charge in [-0.3, -0.25) is 9.36 Å². The predicted octanol–water partition coefficient (Wildman–Crippen LogP) is 4.87. The number of thioether (sulfide) groups is 1. The van der Waals surface area contributed by atoms with Crippen LogP contribution in [0.5, 0.6) is 0 Å². The lowest BCUT2D eigenvalue weighted by molar-refractivity contribution is -0.113. The number of hydrogen-bond donors (Lipinski definition) is 1. The molecule has 0 spiro atoms. The molecule has 4 rings (SSSR count). The number of anilines is 1. The number of nitrogens with zero attached hydrogens (tertiary/aromatic N) is 5. The van der Waals surface area contributed by atoms with Crippen molar-refractivity contribution >= 4 is 23.4 Å². The lowest BCUT2D eigenvalue weighted by atomic mass is 10.2. The summed E-state index contributed by atoms with van der Waals surface area (Å²) in [6.07, 6.45) is 3.40. The van der Waals surface area contributed by atoms with E-state index in [1.54, 1.807) is 12.3 Å².